The average molecular weight is 403 g/mol. The molecule has 8 heteroatoms. The standard InChI is InChI=1S/C22H26N8/c1-23-22(24-12-6-11-21-28-27-20-10-4-5-15-30(20)21)25-16-18-8-2-3-9-19(18)17-29-14-7-13-26-29/h2-5,7-10,13-15H,6,11-12,16-17H2,1H3,(H2,23,24,25). The number of nitrogens with one attached hydrogen (secondary N) is 2. The van der Waals surface area contributed by atoms with Crippen LogP contribution in [-0.4, -0.2) is 43.9 Å². The molecule has 3 aromatic heterocycles. The van der Waals surface area contributed by atoms with Gasteiger partial charge in [0.15, 0.2) is 11.6 Å². The van der Waals surface area contributed by atoms with Gasteiger partial charge in [-0.3, -0.25) is 14.1 Å². The lowest BCUT2D eigenvalue weighted by molar-refractivity contribution is 0.676. The fraction of sp³-hybridized carbons (Fsp3) is 0.273. The molecule has 2 N–H and O–H groups in total. The van der Waals surface area contributed by atoms with Crippen LogP contribution in [0.5, 0.6) is 0 Å². The molecule has 0 aliphatic rings. The molecule has 0 amide bonds. The number of pyridine rings is 1. The van der Waals surface area contributed by atoms with Crippen molar-refractivity contribution in [1.82, 2.24) is 35.0 Å². The van der Waals surface area contributed by atoms with Crippen molar-refractivity contribution in [2.45, 2.75) is 25.9 Å². The first kappa shape index (κ1) is 19.6. The Morgan fingerprint density at radius 1 is 0.967 bits per heavy atom. The normalized spacial score (nSPS) is 11.7. The van der Waals surface area contributed by atoms with Gasteiger partial charge in [0.1, 0.15) is 5.82 Å². The number of aromatic nitrogens is 5. The third-order valence-electron chi connectivity index (χ3n) is 4.93. The number of guanidine groups is 1. The van der Waals surface area contributed by atoms with Crippen LogP contribution >= 0.6 is 0 Å². The van der Waals surface area contributed by atoms with Crippen LogP contribution in [0.25, 0.3) is 5.65 Å². The molecule has 0 unspecified atom stereocenters. The van der Waals surface area contributed by atoms with Gasteiger partial charge < -0.3 is 10.6 Å². The topological polar surface area (TPSA) is 84.4 Å². The highest BCUT2D eigenvalue weighted by Crippen LogP contribution is 2.10. The van der Waals surface area contributed by atoms with E-state index in [4.69, 9.17) is 0 Å². The molecule has 154 valence electrons. The highest BCUT2D eigenvalue weighted by Gasteiger charge is 2.06. The lowest BCUT2D eigenvalue weighted by Crippen LogP contribution is -2.37. The van der Waals surface area contributed by atoms with Crippen LogP contribution in [0.1, 0.15) is 23.4 Å². The molecule has 0 saturated carbocycles. The first-order chi connectivity index (χ1) is 14.8. The summed E-state index contributed by atoms with van der Waals surface area (Å²) in [5.41, 5.74) is 3.35. The van der Waals surface area contributed by atoms with Crippen molar-refractivity contribution >= 4 is 11.6 Å². The summed E-state index contributed by atoms with van der Waals surface area (Å²) in [5.74, 6) is 1.76. The quantitative estimate of drug-likeness (QED) is 0.268. The molecule has 0 bridgehead atoms. The molecule has 3 heterocycles. The summed E-state index contributed by atoms with van der Waals surface area (Å²) >= 11 is 0. The van der Waals surface area contributed by atoms with Crippen LogP contribution in [0, 0.1) is 0 Å². The van der Waals surface area contributed by atoms with Gasteiger partial charge in [-0.2, -0.15) is 5.10 Å². The molecule has 0 spiro atoms. The first-order valence-electron chi connectivity index (χ1n) is 10.1. The molecule has 8 nitrogen and oxygen atoms in total. The molecule has 0 radical (unpaired) electrons. The molecule has 4 rings (SSSR count). The van der Waals surface area contributed by atoms with Crippen molar-refractivity contribution in [2.24, 2.45) is 4.99 Å². The SMILES string of the molecule is CN=C(NCCCc1nnc2ccccn12)NCc1ccccc1Cn1cccn1. The number of aliphatic imine (C=N–C) groups is 1. The van der Waals surface area contributed by atoms with Gasteiger partial charge in [0.05, 0.1) is 6.54 Å². The number of aryl methyl sites for hydroxylation is 1. The number of rotatable bonds is 8. The molecule has 0 fully saturated rings. The highest BCUT2D eigenvalue weighted by atomic mass is 15.3. The maximum atomic E-state index is 4.34. The Hall–Kier alpha value is -3.68. The second-order valence-corrected chi connectivity index (χ2v) is 6.97. The summed E-state index contributed by atoms with van der Waals surface area (Å²) in [6.07, 6.45) is 7.56. The van der Waals surface area contributed by atoms with E-state index < -0.39 is 0 Å². The monoisotopic (exact) mass is 402 g/mol. The van der Waals surface area contributed by atoms with Crippen molar-refractivity contribution in [3.8, 4) is 0 Å². The van der Waals surface area contributed by atoms with E-state index in [0.717, 1.165) is 43.4 Å². The molecule has 0 aliphatic carbocycles. The van der Waals surface area contributed by atoms with Gasteiger partial charge in [-0.05, 0) is 35.7 Å². The highest BCUT2D eigenvalue weighted by molar-refractivity contribution is 5.79. The van der Waals surface area contributed by atoms with Gasteiger partial charge in [0.2, 0.25) is 0 Å². The molecule has 4 aromatic rings. The minimum Gasteiger partial charge on any atom is -0.356 e. The molecule has 0 saturated heterocycles. The molecular weight excluding hydrogens is 376 g/mol. The predicted molar refractivity (Wildman–Crippen MR) is 117 cm³/mol. The minimum atomic E-state index is 0.700. The van der Waals surface area contributed by atoms with Gasteiger partial charge in [0, 0.05) is 45.1 Å². The number of benzene rings is 1. The third-order valence-corrected chi connectivity index (χ3v) is 4.93. The van der Waals surface area contributed by atoms with E-state index in [2.05, 4.69) is 55.2 Å². The maximum Gasteiger partial charge on any atom is 0.191 e. The number of hydrogen-bond acceptors (Lipinski definition) is 4. The Morgan fingerprint density at radius 2 is 1.83 bits per heavy atom. The number of nitrogens with zero attached hydrogens (tertiary/aromatic N) is 6. The molecule has 0 atom stereocenters. The van der Waals surface area contributed by atoms with Crippen LogP contribution in [0.2, 0.25) is 0 Å². The van der Waals surface area contributed by atoms with Crippen molar-refractivity contribution in [2.75, 3.05) is 13.6 Å². The number of hydrogen-bond donors (Lipinski definition) is 2. The van der Waals surface area contributed by atoms with E-state index in [-0.39, 0.29) is 0 Å². The zero-order valence-electron chi connectivity index (χ0n) is 17.1. The third kappa shape index (κ3) is 4.83. The minimum absolute atomic E-state index is 0.700. The van der Waals surface area contributed by atoms with Gasteiger partial charge in [-0.25, -0.2) is 0 Å². The van der Waals surface area contributed by atoms with Crippen molar-refractivity contribution in [3.63, 3.8) is 0 Å². The van der Waals surface area contributed by atoms with Crippen molar-refractivity contribution in [1.29, 1.82) is 0 Å². The van der Waals surface area contributed by atoms with Gasteiger partial charge in [0.25, 0.3) is 0 Å². The van der Waals surface area contributed by atoms with Crippen molar-refractivity contribution < 1.29 is 0 Å². The van der Waals surface area contributed by atoms with Crippen LogP contribution in [0.15, 0.2) is 72.1 Å². The Kier molecular flexibility index (Phi) is 6.34. The zero-order chi connectivity index (χ0) is 20.6. The Bertz CT molecular complexity index is 1100. The van der Waals surface area contributed by atoms with E-state index in [9.17, 15) is 0 Å². The molecule has 0 aliphatic heterocycles. The van der Waals surface area contributed by atoms with Crippen LogP contribution in [0.3, 0.4) is 0 Å². The molecule has 30 heavy (non-hydrogen) atoms. The van der Waals surface area contributed by atoms with E-state index in [1.165, 1.54) is 11.1 Å². The summed E-state index contributed by atoms with van der Waals surface area (Å²) in [6, 6.07) is 16.3. The Balaban J connectivity index is 1.26. The lowest BCUT2D eigenvalue weighted by atomic mass is 10.1. The average Bonchev–Trinajstić information content (AvgIpc) is 3.44. The van der Waals surface area contributed by atoms with E-state index in [1.54, 1.807) is 13.2 Å². The van der Waals surface area contributed by atoms with E-state index in [1.807, 2.05) is 45.7 Å². The van der Waals surface area contributed by atoms with Crippen molar-refractivity contribution in [3.05, 3.63) is 84.1 Å². The van der Waals surface area contributed by atoms with Gasteiger partial charge in [-0.15, -0.1) is 10.2 Å². The molecular formula is C22H26N8. The summed E-state index contributed by atoms with van der Waals surface area (Å²) in [5, 5.41) is 19.6. The fourth-order valence-corrected chi connectivity index (χ4v) is 3.37. The Labute approximate surface area is 175 Å². The van der Waals surface area contributed by atoms with Crippen LogP contribution in [0.4, 0.5) is 0 Å². The Morgan fingerprint density at radius 3 is 2.67 bits per heavy atom. The van der Waals surface area contributed by atoms with Crippen LogP contribution in [-0.2, 0) is 19.5 Å². The summed E-state index contributed by atoms with van der Waals surface area (Å²) in [6.45, 7) is 2.26. The van der Waals surface area contributed by atoms with E-state index >= 15 is 0 Å². The summed E-state index contributed by atoms with van der Waals surface area (Å²) in [4.78, 5) is 4.34. The van der Waals surface area contributed by atoms with Gasteiger partial charge in [-0.1, -0.05) is 30.3 Å². The summed E-state index contributed by atoms with van der Waals surface area (Å²) in [7, 11) is 1.79. The second-order valence-electron chi connectivity index (χ2n) is 6.97. The lowest BCUT2D eigenvalue weighted by Gasteiger charge is -2.14. The fourth-order valence-electron chi connectivity index (χ4n) is 3.37. The van der Waals surface area contributed by atoms with Gasteiger partial charge >= 0.3 is 0 Å². The number of fused-ring (bicyclic) bond motifs is 1. The summed E-state index contributed by atoms with van der Waals surface area (Å²) < 4.78 is 3.96. The largest absolute Gasteiger partial charge is 0.356 e. The molecule has 1 aromatic carbocycles. The predicted octanol–water partition coefficient (Wildman–Crippen LogP) is 2.27. The zero-order valence-corrected chi connectivity index (χ0v) is 17.1. The van der Waals surface area contributed by atoms with Crippen LogP contribution < -0.4 is 10.6 Å². The first-order valence-corrected chi connectivity index (χ1v) is 10.1. The smallest absolute Gasteiger partial charge is 0.191 e. The maximum absolute atomic E-state index is 4.34. The van der Waals surface area contributed by atoms with E-state index in [0.29, 0.717) is 6.54 Å². The second kappa shape index (κ2) is 9.69.